The van der Waals surface area contributed by atoms with Gasteiger partial charge in [0.1, 0.15) is 18.3 Å². The molecule has 1 aliphatic rings. The smallest absolute Gasteiger partial charge is 0.280 e. The molecule has 1 saturated heterocycles. The third-order valence-corrected chi connectivity index (χ3v) is 3.47. The summed E-state index contributed by atoms with van der Waals surface area (Å²) >= 11 is 0. The van der Waals surface area contributed by atoms with Crippen molar-refractivity contribution in [3.8, 4) is 0 Å². The standard InChI is InChI=1S/C10H15N7O5/c11-9-14-6-3(7(21)15-9)13-10(16-12)17(6)8-5(20)4(19)2(1-18)22-8/h2,4-5,8,18-20H,1,12H2,(H,13,16)(H3,11,14,15,21)/t2-,4-,5-,8-/m1/s1. The van der Waals surface area contributed by atoms with Crippen molar-refractivity contribution in [3.63, 3.8) is 0 Å². The molecular weight excluding hydrogens is 298 g/mol. The van der Waals surface area contributed by atoms with E-state index in [4.69, 9.17) is 21.4 Å². The van der Waals surface area contributed by atoms with Gasteiger partial charge in [-0.3, -0.25) is 19.8 Å². The number of aromatic amines is 1. The monoisotopic (exact) mass is 313 g/mol. The minimum atomic E-state index is -1.39. The van der Waals surface area contributed by atoms with Gasteiger partial charge >= 0.3 is 0 Å². The van der Waals surface area contributed by atoms with Gasteiger partial charge in [0.25, 0.3) is 5.56 Å². The summed E-state index contributed by atoms with van der Waals surface area (Å²) in [5, 5.41) is 29.1. The average molecular weight is 313 g/mol. The van der Waals surface area contributed by atoms with Gasteiger partial charge in [0.05, 0.1) is 6.61 Å². The van der Waals surface area contributed by atoms with Gasteiger partial charge in [-0.25, -0.2) is 10.8 Å². The Bertz CT molecular complexity index is 758. The number of hydrogen-bond donors (Lipinski definition) is 7. The summed E-state index contributed by atoms with van der Waals surface area (Å²) in [5.74, 6) is 5.19. The Morgan fingerprint density at radius 1 is 1.36 bits per heavy atom. The maximum Gasteiger partial charge on any atom is 0.280 e. The van der Waals surface area contributed by atoms with Crippen LogP contribution in [0, 0.1) is 0 Å². The molecule has 120 valence electrons. The van der Waals surface area contributed by atoms with E-state index in [1.807, 2.05) is 0 Å². The van der Waals surface area contributed by atoms with Crippen LogP contribution >= 0.6 is 0 Å². The highest BCUT2D eigenvalue weighted by Crippen LogP contribution is 2.33. The fourth-order valence-corrected chi connectivity index (χ4v) is 2.44. The maximum absolute atomic E-state index is 11.8. The largest absolute Gasteiger partial charge is 0.394 e. The summed E-state index contributed by atoms with van der Waals surface area (Å²) in [4.78, 5) is 22.0. The third kappa shape index (κ3) is 2.01. The number of H-pyrrole nitrogens is 1. The fraction of sp³-hybridized carbons (Fsp3) is 0.500. The number of anilines is 2. The van der Waals surface area contributed by atoms with E-state index in [9.17, 15) is 15.0 Å². The van der Waals surface area contributed by atoms with Crippen LogP contribution < -0.4 is 22.6 Å². The number of nitrogens with zero attached hydrogens (tertiary/aromatic N) is 3. The van der Waals surface area contributed by atoms with Gasteiger partial charge in [-0.1, -0.05) is 0 Å². The van der Waals surface area contributed by atoms with E-state index in [0.29, 0.717) is 0 Å². The Balaban J connectivity index is 2.20. The lowest BCUT2D eigenvalue weighted by Gasteiger charge is -2.18. The van der Waals surface area contributed by atoms with Gasteiger partial charge in [0.2, 0.25) is 11.9 Å². The molecular formula is C10H15N7O5. The fourth-order valence-electron chi connectivity index (χ4n) is 2.44. The highest BCUT2D eigenvalue weighted by molar-refractivity contribution is 5.74. The first kappa shape index (κ1) is 14.7. The maximum atomic E-state index is 11.8. The number of hydrogen-bond acceptors (Lipinski definition) is 10. The van der Waals surface area contributed by atoms with Gasteiger partial charge in [-0.15, -0.1) is 0 Å². The van der Waals surface area contributed by atoms with Gasteiger partial charge in [0.15, 0.2) is 17.4 Å². The van der Waals surface area contributed by atoms with Crippen molar-refractivity contribution in [2.24, 2.45) is 5.84 Å². The van der Waals surface area contributed by atoms with E-state index in [2.05, 4.69) is 20.4 Å². The van der Waals surface area contributed by atoms with Crippen molar-refractivity contribution >= 4 is 23.1 Å². The Kier molecular flexibility index (Phi) is 3.46. The number of rotatable bonds is 3. The van der Waals surface area contributed by atoms with Crippen molar-refractivity contribution < 1.29 is 20.1 Å². The van der Waals surface area contributed by atoms with Crippen molar-refractivity contribution in [3.05, 3.63) is 10.4 Å². The van der Waals surface area contributed by atoms with Gasteiger partial charge in [0, 0.05) is 0 Å². The second kappa shape index (κ2) is 5.19. The predicted molar refractivity (Wildman–Crippen MR) is 73.4 cm³/mol. The number of ether oxygens (including phenoxy) is 1. The minimum Gasteiger partial charge on any atom is -0.394 e. The molecule has 9 N–H and O–H groups in total. The molecule has 0 unspecified atom stereocenters. The Hall–Kier alpha value is -2.25. The molecule has 1 aliphatic heterocycles. The van der Waals surface area contributed by atoms with E-state index in [1.165, 1.54) is 4.57 Å². The Labute approximate surface area is 122 Å². The number of aliphatic hydroxyl groups excluding tert-OH is 3. The summed E-state index contributed by atoms with van der Waals surface area (Å²) in [6, 6.07) is 0. The first-order chi connectivity index (χ1) is 10.5. The molecule has 0 radical (unpaired) electrons. The molecule has 3 rings (SSSR count). The molecule has 0 aromatic carbocycles. The summed E-state index contributed by atoms with van der Waals surface area (Å²) < 4.78 is 6.59. The second-order valence-corrected chi connectivity index (χ2v) is 4.80. The van der Waals surface area contributed by atoms with E-state index in [1.54, 1.807) is 0 Å². The van der Waals surface area contributed by atoms with Crippen LogP contribution in [0.4, 0.5) is 11.9 Å². The molecule has 2 aromatic heterocycles. The molecule has 0 amide bonds. The van der Waals surface area contributed by atoms with Crippen LogP contribution in [0.25, 0.3) is 11.2 Å². The predicted octanol–water partition coefficient (Wildman–Crippen LogP) is -3.40. The highest BCUT2D eigenvalue weighted by Gasteiger charge is 2.45. The van der Waals surface area contributed by atoms with E-state index >= 15 is 0 Å². The van der Waals surface area contributed by atoms with Gasteiger partial charge < -0.3 is 25.8 Å². The first-order valence-corrected chi connectivity index (χ1v) is 6.34. The van der Waals surface area contributed by atoms with Gasteiger partial charge in [-0.05, 0) is 0 Å². The van der Waals surface area contributed by atoms with Gasteiger partial charge in [-0.2, -0.15) is 4.98 Å². The number of nitrogen functional groups attached to an aromatic ring is 2. The lowest BCUT2D eigenvalue weighted by molar-refractivity contribution is -0.0501. The third-order valence-electron chi connectivity index (χ3n) is 3.47. The molecule has 2 aromatic rings. The molecule has 0 saturated carbocycles. The lowest BCUT2D eigenvalue weighted by Crippen LogP contribution is -2.33. The molecule has 1 fully saturated rings. The number of nitrogens with two attached hydrogens (primary N) is 2. The summed E-state index contributed by atoms with van der Waals surface area (Å²) in [5.41, 5.74) is 7.12. The normalized spacial score (nSPS) is 28.4. The second-order valence-electron chi connectivity index (χ2n) is 4.80. The number of aromatic nitrogens is 4. The number of hydrazine groups is 1. The van der Waals surface area contributed by atoms with Crippen LogP contribution in [-0.2, 0) is 4.74 Å². The molecule has 0 spiro atoms. The number of fused-ring (bicyclic) bond motifs is 1. The highest BCUT2D eigenvalue weighted by atomic mass is 16.6. The van der Waals surface area contributed by atoms with Crippen molar-refractivity contribution in [2.45, 2.75) is 24.5 Å². The zero-order valence-electron chi connectivity index (χ0n) is 11.2. The van der Waals surface area contributed by atoms with Crippen LogP contribution in [0.5, 0.6) is 0 Å². The van der Waals surface area contributed by atoms with E-state index in [-0.39, 0.29) is 23.1 Å². The average Bonchev–Trinajstić information content (AvgIpc) is 2.98. The molecule has 12 heteroatoms. The van der Waals surface area contributed by atoms with Crippen LogP contribution in [-0.4, -0.2) is 59.8 Å². The number of nitrogens with one attached hydrogen (secondary N) is 2. The molecule has 0 bridgehead atoms. The molecule has 12 nitrogen and oxygen atoms in total. The summed E-state index contributed by atoms with van der Waals surface area (Å²) in [7, 11) is 0. The van der Waals surface area contributed by atoms with Crippen LogP contribution in [0.3, 0.4) is 0 Å². The SMILES string of the molecule is NNc1nc2c(=O)[nH]c(N)nc2n1[C@@H]1O[C@H](CO)[C@@H](O)[C@H]1O. The molecule has 3 heterocycles. The Morgan fingerprint density at radius 2 is 2.09 bits per heavy atom. The van der Waals surface area contributed by atoms with Crippen LogP contribution in [0.1, 0.15) is 6.23 Å². The lowest BCUT2D eigenvalue weighted by atomic mass is 10.1. The summed E-state index contributed by atoms with van der Waals surface area (Å²) in [6.07, 6.45) is -4.86. The minimum absolute atomic E-state index is 0.0176. The molecule has 4 atom stereocenters. The van der Waals surface area contributed by atoms with E-state index < -0.39 is 36.7 Å². The van der Waals surface area contributed by atoms with Crippen molar-refractivity contribution in [2.75, 3.05) is 17.8 Å². The van der Waals surface area contributed by atoms with Crippen LogP contribution in [0.15, 0.2) is 4.79 Å². The quantitative estimate of drug-likeness (QED) is 0.221. The zero-order valence-corrected chi connectivity index (χ0v) is 11.2. The number of aliphatic hydroxyl groups is 3. The van der Waals surface area contributed by atoms with Crippen LogP contribution in [0.2, 0.25) is 0 Å². The van der Waals surface area contributed by atoms with Crippen molar-refractivity contribution in [1.82, 2.24) is 19.5 Å². The molecule has 22 heavy (non-hydrogen) atoms. The zero-order chi connectivity index (χ0) is 16.0. The number of imidazole rings is 1. The van der Waals surface area contributed by atoms with E-state index in [0.717, 1.165) is 0 Å². The van der Waals surface area contributed by atoms with Crippen molar-refractivity contribution in [1.29, 1.82) is 0 Å². The summed E-state index contributed by atoms with van der Waals surface area (Å²) in [6.45, 7) is -0.497. The first-order valence-electron chi connectivity index (χ1n) is 6.34. The topological polar surface area (TPSA) is 198 Å². The Morgan fingerprint density at radius 3 is 2.68 bits per heavy atom. The molecule has 0 aliphatic carbocycles.